The summed E-state index contributed by atoms with van der Waals surface area (Å²) in [4.78, 5) is 12.5. The molecule has 0 atom stereocenters. The average Bonchev–Trinajstić information content (AvgIpc) is 3.59. The van der Waals surface area contributed by atoms with Crippen molar-refractivity contribution in [2.75, 3.05) is 5.75 Å². The van der Waals surface area contributed by atoms with E-state index >= 15 is 0 Å². The lowest BCUT2D eigenvalue weighted by Gasteiger charge is -2.39. The first-order valence-electron chi connectivity index (χ1n) is 10.8. The highest BCUT2D eigenvalue weighted by Crippen LogP contribution is 2.46. The molecule has 0 unspecified atom stereocenters. The van der Waals surface area contributed by atoms with Crippen molar-refractivity contribution in [3.05, 3.63) is 5.82 Å². The van der Waals surface area contributed by atoms with Crippen LogP contribution in [0.15, 0.2) is 5.16 Å². The summed E-state index contributed by atoms with van der Waals surface area (Å²) in [6.07, 6.45) is 10.9. The van der Waals surface area contributed by atoms with Crippen molar-refractivity contribution in [2.24, 2.45) is 11.3 Å². The Labute approximate surface area is 167 Å². The Bertz CT molecular complexity index is 670. The predicted octanol–water partition coefficient (Wildman–Crippen LogP) is 4.69. The van der Waals surface area contributed by atoms with Gasteiger partial charge in [-0.05, 0) is 62.7 Å². The van der Waals surface area contributed by atoms with Gasteiger partial charge in [0.15, 0.2) is 5.16 Å². The molecule has 1 heterocycles. The molecule has 5 nitrogen and oxygen atoms in total. The van der Waals surface area contributed by atoms with Crippen molar-refractivity contribution in [1.82, 2.24) is 20.1 Å². The third kappa shape index (κ3) is 4.52. The van der Waals surface area contributed by atoms with Crippen LogP contribution in [0.5, 0.6) is 0 Å². The van der Waals surface area contributed by atoms with E-state index in [1.54, 1.807) is 11.8 Å². The van der Waals surface area contributed by atoms with E-state index in [0.717, 1.165) is 29.7 Å². The molecule has 0 aromatic carbocycles. The van der Waals surface area contributed by atoms with Crippen molar-refractivity contribution in [2.45, 2.75) is 102 Å². The molecule has 3 aliphatic carbocycles. The van der Waals surface area contributed by atoms with Crippen LogP contribution in [0.3, 0.4) is 0 Å². The largest absolute Gasteiger partial charge is 0.353 e. The van der Waals surface area contributed by atoms with Gasteiger partial charge in [0, 0.05) is 18.0 Å². The third-order valence-electron chi connectivity index (χ3n) is 6.99. The third-order valence-corrected chi connectivity index (χ3v) is 7.93. The molecule has 0 bridgehead atoms. The van der Waals surface area contributed by atoms with E-state index in [2.05, 4.69) is 40.9 Å². The zero-order chi connectivity index (χ0) is 19.0. The van der Waals surface area contributed by atoms with Crippen LogP contribution >= 0.6 is 11.8 Å². The van der Waals surface area contributed by atoms with Gasteiger partial charge in [-0.3, -0.25) is 4.79 Å². The summed E-state index contributed by atoms with van der Waals surface area (Å²) in [6, 6.07) is 0.934. The molecule has 0 radical (unpaired) electrons. The molecule has 6 heteroatoms. The van der Waals surface area contributed by atoms with E-state index < -0.39 is 0 Å². The maximum absolute atomic E-state index is 12.5. The van der Waals surface area contributed by atoms with Crippen LogP contribution in [-0.4, -0.2) is 32.5 Å². The fourth-order valence-corrected chi connectivity index (χ4v) is 5.21. The highest BCUT2D eigenvalue weighted by Gasteiger charge is 2.36. The zero-order valence-corrected chi connectivity index (χ0v) is 17.9. The number of hydrogen-bond acceptors (Lipinski definition) is 4. The van der Waals surface area contributed by atoms with Gasteiger partial charge in [0.1, 0.15) is 5.82 Å². The van der Waals surface area contributed by atoms with Crippen LogP contribution in [0, 0.1) is 11.3 Å². The lowest BCUT2D eigenvalue weighted by atomic mass is 9.69. The van der Waals surface area contributed by atoms with Crippen LogP contribution in [-0.2, 0) is 4.79 Å². The number of hydrogen-bond donors (Lipinski definition) is 1. The molecule has 3 saturated carbocycles. The Morgan fingerprint density at radius 1 is 1.11 bits per heavy atom. The van der Waals surface area contributed by atoms with Crippen molar-refractivity contribution < 1.29 is 4.79 Å². The van der Waals surface area contributed by atoms with Gasteiger partial charge in [0.2, 0.25) is 5.91 Å². The SMILES string of the molecule is CCC(C)(C)C1CCC(NC(=O)CSc2nnc(C3CC3)n2C2CC2)CC1. The molecule has 150 valence electrons. The van der Waals surface area contributed by atoms with E-state index in [9.17, 15) is 4.79 Å². The van der Waals surface area contributed by atoms with Crippen molar-refractivity contribution >= 4 is 17.7 Å². The summed E-state index contributed by atoms with van der Waals surface area (Å²) in [5.41, 5.74) is 0.428. The molecular formula is C21H34N4OS. The van der Waals surface area contributed by atoms with Crippen LogP contribution < -0.4 is 5.32 Å². The first kappa shape index (κ1) is 19.3. The number of amides is 1. The van der Waals surface area contributed by atoms with Gasteiger partial charge in [-0.15, -0.1) is 10.2 Å². The van der Waals surface area contributed by atoms with E-state index in [-0.39, 0.29) is 5.91 Å². The Kier molecular flexibility index (Phi) is 5.55. The Balaban J connectivity index is 1.25. The maximum atomic E-state index is 12.5. The van der Waals surface area contributed by atoms with Gasteiger partial charge >= 0.3 is 0 Å². The highest BCUT2D eigenvalue weighted by molar-refractivity contribution is 7.99. The summed E-state index contributed by atoms with van der Waals surface area (Å²) in [5.74, 6) is 3.18. The molecule has 1 aromatic heterocycles. The molecule has 3 fully saturated rings. The monoisotopic (exact) mass is 390 g/mol. The minimum absolute atomic E-state index is 0.150. The summed E-state index contributed by atoms with van der Waals surface area (Å²) in [5, 5.41) is 13.0. The summed E-state index contributed by atoms with van der Waals surface area (Å²) in [6.45, 7) is 7.07. The minimum Gasteiger partial charge on any atom is -0.353 e. The van der Waals surface area contributed by atoms with E-state index in [4.69, 9.17) is 0 Å². The van der Waals surface area contributed by atoms with E-state index in [1.165, 1.54) is 44.9 Å². The van der Waals surface area contributed by atoms with Crippen LogP contribution in [0.1, 0.15) is 96.3 Å². The molecule has 27 heavy (non-hydrogen) atoms. The summed E-state index contributed by atoms with van der Waals surface area (Å²) >= 11 is 1.56. The smallest absolute Gasteiger partial charge is 0.230 e. The number of carbonyl (C=O) groups is 1. The second-order valence-corrected chi connectivity index (χ2v) is 10.4. The normalized spacial score (nSPS) is 26.2. The number of carbonyl (C=O) groups excluding carboxylic acids is 1. The second-order valence-electron chi connectivity index (χ2n) is 9.46. The number of rotatable bonds is 8. The lowest BCUT2D eigenvalue weighted by molar-refractivity contribution is -0.119. The molecule has 1 aromatic rings. The summed E-state index contributed by atoms with van der Waals surface area (Å²) in [7, 11) is 0. The molecular weight excluding hydrogens is 356 g/mol. The number of nitrogens with one attached hydrogen (secondary N) is 1. The Hall–Kier alpha value is -1.04. The molecule has 0 saturated heterocycles. The van der Waals surface area contributed by atoms with E-state index in [1.807, 2.05) is 0 Å². The molecule has 1 N–H and O–H groups in total. The van der Waals surface area contributed by atoms with E-state index in [0.29, 0.717) is 29.2 Å². The lowest BCUT2D eigenvalue weighted by Crippen LogP contribution is -2.40. The van der Waals surface area contributed by atoms with Crippen molar-refractivity contribution in [3.63, 3.8) is 0 Å². The van der Waals surface area contributed by atoms with Crippen LogP contribution in [0.2, 0.25) is 0 Å². The molecule has 3 aliphatic rings. The summed E-state index contributed by atoms with van der Waals surface area (Å²) < 4.78 is 2.33. The second kappa shape index (κ2) is 7.76. The standard InChI is InChI=1S/C21H34N4OS/c1-4-21(2,3)15-7-9-16(10-8-15)22-18(26)13-27-20-24-23-19(14-5-6-14)25(20)17-11-12-17/h14-17H,4-13H2,1-3H3,(H,22,26). The zero-order valence-electron chi connectivity index (χ0n) is 17.0. The fourth-order valence-electron chi connectivity index (χ4n) is 4.39. The van der Waals surface area contributed by atoms with Gasteiger partial charge in [-0.25, -0.2) is 0 Å². The molecule has 0 spiro atoms. The predicted molar refractivity (Wildman–Crippen MR) is 109 cm³/mol. The molecule has 4 rings (SSSR count). The van der Waals surface area contributed by atoms with Crippen LogP contribution in [0.25, 0.3) is 0 Å². The van der Waals surface area contributed by atoms with Crippen molar-refractivity contribution in [3.8, 4) is 0 Å². The first-order valence-corrected chi connectivity index (χ1v) is 11.8. The molecule has 0 aliphatic heterocycles. The molecule has 1 amide bonds. The topological polar surface area (TPSA) is 59.8 Å². The minimum atomic E-state index is 0.150. The first-order chi connectivity index (χ1) is 13.0. The number of thioether (sulfide) groups is 1. The fraction of sp³-hybridized carbons (Fsp3) is 0.857. The average molecular weight is 391 g/mol. The van der Waals surface area contributed by atoms with Gasteiger partial charge < -0.3 is 9.88 Å². The quantitative estimate of drug-likeness (QED) is 0.654. The Morgan fingerprint density at radius 2 is 1.81 bits per heavy atom. The van der Waals surface area contributed by atoms with Gasteiger partial charge in [-0.1, -0.05) is 39.0 Å². The van der Waals surface area contributed by atoms with Gasteiger partial charge in [0.25, 0.3) is 0 Å². The van der Waals surface area contributed by atoms with Gasteiger partial charge in [-0.2, -0.15) is 0 Å². The van der Waals surface area contributed by atoms with Crippen LogP contribution in [0.4, 0.5) is 0 Å². The number of aromatic nitrogens is 3. The Morgan fingerprint density at radius 3 is 2.41 bits per heavy atom. The maximum Gasteiger partial charge on any atom is 0.230 e. The van der Waals surface area contributed by atoms with Crippen molar-refractivity contribution in [1.29, 1.82) is 0 Å². The van der Waals surface area contributed by atoms with Gasteiger partial charge in [0.05, 0.1) is 5.75 Å². The number of nitrogens with zero attached hydrogens (tertiary/aromatic N) is 3. The highest BCUT2D eigenvalue weighted by atomic mass is 32.2.